The lowest BCUT2D eigenvalue weighted by molar-refractivity contribution is 0.418. The lowest BCUT2D eigenvalue weighted by atomic mass is 10.2. The molecule has 0 aliphatic heterocycles. The van der Waals surface area contributed by atoms with Crippen LogP contribution in [0.25, 0.3) is 10.9 Å². The number of para-hydroxylation sites is 1. The monoisotopic (exact) mass is 205 g/mol. The number of hydrogen-bond donors (Lipinski definition) is 2. The molecule has 0 aliphatic rings. The van der Waals surface area contributed by atoms with E-state index in [0.29, 0.717) is 17.0 Å². The Morgan fingerprint density at radius 3 is 3.00 bits per heavy atom. The summed E-state index contributed by atoms with van der Waals surface area (Å²) in [6, 6.07) is 5.44. The van der Waals surface area contributed by atoms with Gasteiger partial charge in [0, 0.05) is 17.6 Å². The summed E-state index contributed by atoms with van der Waals surface area (Å²) in [5, 5.41) is 0.816. The predicted octanol–water partition coefficient (Wildman–Crippen LogP) is 0.390. The molecule has 78 valence electrons. The average molecular weight is 205 g/mol. The van der Waals surface area contributed by atoms with Gasteiger partial charge in [-0.2, -0.15) is 4.98 Å². The number of H-pyrrole nitrogens is 1. The molecule has 0 saturated carbocycles. The van der Waals surface area contributed by atoms with Gasteiger partial charge in [-0.15, -0.1) is 0 Å². The number of rotatable bonds is 2. The summed E-state index contributed by atoms with van der Waals surface area (Å²) in [7, 11) is 1.54. The lowest BCUT2D eigenvalue weighted by Gasteiger charge is -2.06. The summed E-state index contributed by atoms with van der Waals surface area (Å²) >= 11 is 0. The fraction of sp³-hybridized carbons (Fsp3) is 0.200. The zero-order valence-electron chi connectivity index (χ0n) is 8.28. The second-order valence-electron chi connectivity index (χ2n) is 3.08. The Balaban J connectivity index is 2.88. The number of ether oxygens (including phenoxy) is 1. The molecule has 3 N–H and O–H groups in total. The van der Waals surface area contributed by atoms with Crippen LogP contribution in [-0.4, -0.2) is 17.1 Å². The van der Waals surface area contributed by atoms with Gasteiger partial charge in [-0.05, 0) is 6.07 Å². The van der Waals surface area contributed by atoms with E-state index in [4.69, 9.17) is 10.5 Å². The highest BCUT2D eigenvalue weighted by molar-refractivity contribution is 5.86. The Hall–Kier alpha value is -1.88. The summed E-state index contributed by atoms with van der Waals surface area (Å²) in [5.41, 5.74) is 6.34. The Morgan fingerprint density at radius 2 is 2.33 bits per heavy atom. The molecule has 1 heterocycles. The van der Waals surface area contributed by atoms with E-state index in [1.165, 1.54) is 0 Å². The predicted molar refractivity (Wildman–Crippen MR) is 56.8 cm³/mol. The maximum atomic E-state index is 11.3. The van der Waals surface area contributed by atoms with Crippen LogP contribution >= 0.6 is 0 Å². The second-order valence-corrected chi connectivity index (χ2v) is 3.08. The van der Waals surface area contributed by atoms with Crippen LogP contribution in [0.1, 0.15) is 5.69 Å². The van der Waals surface area contributed by atoms with Crippen molar-refractivity contribution in [2.45, 2.75) is 6.54 Å². The molecule has 5 heteroatoms. The molecule has 0 fully saturated rings. The smallest absolute Gasteiger partial charge is 0.345 e. The highest BCUT2D eigenvalue weighted by atomic mass is 16.5. The maximum Gasteiger partial charge on any atom is 0.345 e. The largest absolute Gasteiger partial charge is 0.494 e. The van der Waals surface area contributed by atoms with Crippen molar-refractivity contribution in [2.24, 2.45) is 5.73 Å². The first-order chi connectivity index (χ1) is 7.26. The van der Waals surface area contributed by atoms with Crippen molar-refractivity contribution in [1.29, 1.82) is 0 Å². The zero-order valence-corrected chi connectivity index (χ0v) is 8.28. The van der Waals surface area contributed by atoms with Crippen LogP contribution < -0.4 is 16.2 Å². The van der Waals surface area contributed by atoms with Crippen LogP contribution in [0.4, 0.5) is 0 Å². The SMILES string of the molecule is COc1cccc2c(CN)[nH]c(=O)nc12. The van der Waals surface area contributed by atoms with E-state index in [1.807, 2.05) is 12.1 Å². The minimum absolute atomic E-state index is 0.265. The van der Waals surface area contributed by atoms with Gasteiger partial charge >= 0.3 is 5.69 Å². The van der Waals surface area contributed by atoms with Crippen molar-refractivity contribution in [3.05, 3.63) is 34.4 Å². The Morgan fingerprint density at radius 1 is 1.53 bits per heavy atom. The van der Waals surface area contributed by atoms with E-state index < -0.39 is 5.69 Å². The number of fused-ring (bicyclic) bond motifs is 1. The van der Waals surface area contributed by atoms with Crippen molar-refractivity contribution < 1.29 is 4.74 Å². The van der Waals surface area contributed by atoms with E-state index >= 15 is 0 Å². The number of nitrogens with one attached hydrogen (secondary N) is 1. The van der Waals surface area contributed by atoms with Crippen LogP contribution in [0.3, 0.4) is 0 Å². The third-order valence-electron chi connectivity index (χ3n) is 2.22. The van der Waals surface area contributed by atoms with Crippen LogP contribution in [0.15, 0.2) is 23.0 Å². The number of benzene rings is 1. The quantitative estimate of drug-likeness (QED) is 0.743. The van der Waals surface area contributed by atoms with Gasteiger partial charge in [0.25, 0.3) is 0 Å². The van der Waals surface area contributed by atoms with E-state index in [1.54, 1.807) is 13.2 Å². The summed E-state index contributed by atoms with van der Waals surface area (Å²) in [4.78, 5) is 17.7. The van der Waals surface area contributed by atoms with Crippen molar-refractivity contribution in [2.75, 3.05) is 7.11 Å². The van der Waals surface area contributed by atoms with E-state index in [-0.39, 0.29) is 6.54 Å². The number of nitrogens with two attached hydrogens (primary N) is 1. The van der Waals surface area contributed by atoms with Crippen molar-refractivity contribution in [1.82, 2.24) is 9.97 Å². The van der Waals surface area contributed by atoms with Gasteiger partial charge in [0.05, 0.1) is 7.11 Å². The zero-order chi connectivity index (χ0) is 10.8. The number of methoxy groups -OCH3 is 1. The number of aromatic nitrogens is 2. The molecule has 0 unspecified atom stereocenters. The van der Waals surface area contributed by atoms with Crippen molar-refractivity contribution in [3.8, 4) is 5.75 Å². The Bertz CT molecular complexity index is 548. The lowest BCUT2D eigenvalue weighted by Crippen LogP contribution is -2.15. The van der Waals surface area contributed by atoms with Crippen LogP contribution in [0, 0.1) is 0 Å². The van der Waals surface area contributed by atoms with Gasteiger partial charge in [0.15, 0.2) is 0 Å². The van der Waals surface area contributed by atoms with Crippen LogP contribution in [-0.2, 0) is 6.54 Å². The number of nitrogens with zero attached hydrogens (tertiary/aromatic N) is 1. The van der Waals surface area contributed by atoms with Crippen molar-refractivity contribution in [3.63, 3.8) is 0 Å². The van der Waals surface area contributed by atoms with Crippen molar-refractivity contribution >= 4 is 10.9 Å². The van der Waals surface area contributed by atoms with Gasteiger partial charge in [-0.3, -0.25) is 0 Å². The molecule has 0 aliphatic carbocycles. The van der Waals surface area contributed by atoms with Gasteiger partial charge in [0.2, 0.25) is 0 Å². The fourth-order valence-electron chi connectivity index (χ4n) is 1.53. The topological polar surface area (TPSA) is 81.0 Å². The average Bonchev–Trinajstić information content (AvgIpc) is 2.27. The molecule has 0 radical (unpaired) electrons. The summed E-state index contributed by atoms with van der Waals surface area (Å²) in [6.45, 7) is 0.265. The Kier molecular flexibility index (Phi) is 2.39. The van der Waals surface area contributed by atoms with E-state index in [2.05, 4.69) is 9.97 Å². The summed E-state index contributed by atoms with van der Waals surface area (Å²) < 4.78 is 5.13. The standard InChI is InChI=1S/C10H11N3O2/c1-15-8-4-2-3-6-7(5-11)12-10(14)13-9(6)8/h2-4H,5,11H2,1H3,(H,12,13,14). The van der Waals surface area contributed by atoms with Gasteiger partial charge < -0.3 is 15.5 Å². The molecule has 15 heavy (non-hydrogen) atoms. The van der Waals surface area contributed by atoms with Crippen LogP contribution in [0.2, 0.25) is 0 Å². The molecule has 0 saturated heterocycles. The van der Waals surface area contributed by atoms with E-state index in [9.17, 15) is 4.79 Å². The summed E-state index contributed by atoms with van der Waals surface area (Å²) in [6.07, 6.45) is 0. The minimum atomic E-state index is -0.410. The molecule has 5 nitrogen and oxygen atoms in total. The molecule has 0 bridgehead atoms. The fourth-order valence-corrected chi connectivity index (χ4v) is 1.53. The normalized spacial score (nSPS) is 10.5. The molecule has 2 aromatic rings. The van der Waals surface area contributed by atoms with E-state index in [0.717, 1.165) is 5.39 Å². The maximum absolute atomic E-state index is 11.3. The second kappa shape index (κ2) is 3.70. The number of aromatic amines is 1. The third-order valence-corrected chi connectivity index (χ3v) is 2.22. The first kappa shape index (κ1) is 9.67. The number of hydrogen-bond acceptors (Lipinski definition) is 4. The molecule has 0 amide bonds. The third kappa shape index (κ3) is 1.57. The highest BCUT2D eigenvalue weighted by Gasteiger charge is 2.07. The molecule has 0 atom stereocenters. The first-order valence-corrected chi connectivity index (χ1v) is 4.52. The molecular weight excluding hydrogens is 194 g/mol. The molecule has 1 aromatic heterocycles. The highest BCUT2D eigenvalue weighted by Crippen LogP contribution is 2.23. The Labute approximate surface area is 85.9 Å². The molecular formula is C10H11N3O2. The first-order valence-electron chi connectivity index (χ1n) is 4.52. The molecule has 0 spiro atoms. The summed E-state index contributed by atoms with van der Waals surface area (Å²) in [5.74, 6) is 0.577. The molecule has 1 aromatic carbocycles. The van der Waals surface area contributed by atoms with Gasteiger partial charge in [0.1, 0.15) is 11.3 Å². The molecule has 2 rings (SSSR count). The van der Waals surface area contributed by atoms with Gasteiger partial charge in [-0.1, -0.05) is 12.1 Å². The van der Waals surface area contributed by atoms with Crippen LogP contribution in [0.5, 0.6) is 5.75 Å². The van der Waals surface area contributed by atoms with Gasteiger partial charge in [-0.25, -0.2) is 4.79 Å². The minimum Gasteiger partial charge on any atom is -0.494 e.